The predicted octanol–water partition coefficient (Wildman–Crippen LogP) is 0.740. The van der Waals surface area contributed by atoms with Crippen LogP contribution in [0.2, 0.25) is 0 Å². The summed E-state index contributed by atoms with van der Waals surface area (Å²) in [6.45, 7) is 0.970. The molecule has 0 radical (unpaired) electrons. The molecule has 0 unspecified atom stereocenters. The largest absolute Gasteiger partial charge is 1.00 e. The number of unbranched alkanes of at least 4 members (excludes halogenated alkanes) is 3. The lowest BCUT2D eigenvalue weighted by Crippen LogP contribution is -3.00. The minimum atomic E-state index is -0.301. The molecule has 0 spiro atoms. The second-order valence-corrected chi connectivity index (χ2v) is 6.13. The van der Waals surface area contributed by atoms with Crippen LogP contribution in [0.4, 0.5) is 0 Å². The molecule has 5 heteroatoms. The van der Waals surface area contributed by atoms with E-state index in [9.17, 15) is 4.79 Å². The first-order valence-electron chi connectivity index (χ1n) is 8.52. The van der Waals surface area contributed by atoms with Gasteiger partial charge in [-0.3, -0.25) is 10.0 Å². The number of fused-ring (bicyclic) bond motifs is 3. The maximum atomic E-state index is 11.0. The standard InChI is InChI=1S/C20H22N2O2.ClH/c23-20(21-24)13-3-1-2-8-14-22-15-16-9-4-5-10-17(16)18-11-6-7-12-19(18)22;/h4-7,9-12,15H,1-3,8,13-14H2,(H-,21,23,24);1H. The molecule has 2 N–H and O–H groups in total. The average Bonchev–Trinajstić information content (AvgIpc) is 2.64. The van der Waals surface area contributed by atoms with Crippen molar-refractivity contribution < 1.29 is 27.0 Å². The zero-order chi connectivity index (χ0) is 16.8. The SMILES string of the molecule is O=C(CCCCCC[n+]1cc2ccccc2c2ccccc21)NO.[Cl-]. The number of pyridine rings is 1. The van der Waals surface area contributed by atoms with Crippen LogP contribution in [0.3, 0.4) is 0 Å². The van der Waals surface area contributed by atoms with E-state index in [0.717, 1.165) is 32.2 Å². The highest BCUT2D eigenvalue weighted by molar-refractivity contribution is 6.03. The van der Waals surface area contributed by atoms with Gasteiger partial charge in [-0.1, -0.05) is 36.8 Å². The number of hydrogen-bond donors (Lipinski definition) is 2. The second kappa shape index (κ2) is 9.35. The number of hydrogen-bond acceptors (Lipinski definition) is 2. The van der Waals surface area contributed by atoms with Crippen molar-refractivity contribution in [2.24, 2.45) is 0 Å². The summed E-state index contributed by atoms with van der Waals surface area (Å²) >= 11 is 0. The number of nitrogens with zero attached hydrogens (tertiary/aromatic N) is 1. The number of carbonyl (C=O) groups is 1. The fourth-order valence-electron chi connectivity index (χ4n) is 3.21. The molecule has 4 nitrogen and oxygen atoms in total. The summed E-state index contributed by atoms with van der Waals surface area (Å²) in [6.07, 6.45) is 6.59. The Balaban J connectivity index is 0.00000225. The Labute approximate surface area is 153 Å². The number of nitrogens with one attached hydrogen (secondary N) is 1. The van der Waals surface area contributed by atoms with E-state index in [1.165, 1.54) is 21.7 Å². The van der Waals surface area contributed by atoms with Crippen LogP contribution in [0.25, 0.3) is 21.7 Å². The molecule has 25 heavy (non-hydrogen) atoms. The van der Waals surface area contributed by atoms with E-state index in [1.54, 1.807) is 5.48 Å². The zero-order valence-corrected chi connectivity index (χ0v) is 14.9. The van der Waals surface area contributed by atoms with Gasteiger partial charge in [0.15, 0.2) is 6.20 Å². The Morgan fingerprint density at radius 3 is 2.40 bits per heavy atom. The third kappa shape index (κ3) is 4.68. The van der Waals surface area contributed by atoms with Crippen LogP contribution in [-0.2, 0) is 11.3 Å². The molecule has 0 aliphatic rings. The van der Waals surface area contributed by atoms with Gasteiger partial charge in [-0.2, -0.15) is 4.57 Å². The summed E-state index contributed by atoms with van der Waals surface area (Å²) < 4.78 is 2.33. The number of amides is 1. The number of aryl methyl sites for hydroxylation is 1. The number of rotatable bonds is 7. The van der Waals surface area contributed by atoms with Gasteiger partial charge < -0.3 is 12.4 Å². The van der Waals surface area contributed by atoms with Crippen LogP contribution in [0.5, 0.6) is 0 Å². The van der Waals surface area contributed by atoms with Gasteiger partial charge in [-0.15, -0.1) is 0 Å². The van der Waals surface area contributed by atoms with Crippen LogP contribution in [0, 0.1) is 0 Å². The molecule has 3 aromatic rings. The Kier molecular flexibility index (Phi) is 7.16. The van der Waals surface area contributed by atoms with Crippen LogP contribution in [0.15, 0.2) is 54.7 Å². The summed E-state index contributed by atoms with van der Waals surface area (Å²) in [6, 6.07) is 17.0. The molecule has 132 valence electrons. The van der Waals surface area contributed by atoms with E-state index < -0.39 is 0 Å². The van der Waals surface area contributed by atoms with Crippen LogP contribution < -0.4 is 22.5 Å². The van der Waals surface area contributed by atoms with Crippen molar-refractivity contribution in [3.8, 4) is 0 Å². The summed E-state index contributed by atoms with van der Waals surface area (Å²) in [7, 11) is 0. The van der Waals surface area contributed by atoms with Gasteiger partial charge in [-0.05, 0) is 25.0 Å². The Bertz CT molecular complexity index is 851. The number of carbonyl (C=O) groups excluding carboxylic acids is 1. The first kappa shape index (κ1) is 19.2. The maximum absolute atomic E-state index is 11.0. The fraction of sp³-hybridized carbons (Fsp3) is 0.300. The van der Waals surface area contributed by atoms with Gasteiger partial charge in [0.05, 0.1) is 5.39 Å². The molecule has 0 fully saturated rings. The molecule has 1 heterocycles. The number of hydroxylamine groups is 1. The van der Waals surface area contributed by atoms with Crippen molar-refractivity contribution >= 4 is 27.6 Å². The molecule has 1 amide bonds. The van der Waals surface area contributed by atoms with Crippen LogP contribution >= 0.6 is 0 Å². The van der Waals surface area contributed by atoms with Crippen molar-refractivity contribution in [1.82, 2.24) is 5.48 Å². The van der Waals surface area contributed by atoms with E-state index in [1.807, 2.05) is 0 Å². The van der Waals surface area contributed by atoms with E-state index in [0.29, 0.717) is 6.42 Å². The lowest BCUT2D eigenvalue weighted by Gasteiger charge is -2.05. The molecular weight excluding hydrogens is 336 g/mol. The normalized spacial score (nSPS) is 10.6. The van der Waals surface area contributed by atoms with E-state index in [2.05, 4.69) is 59.3 Å². The molecule has 0 aliphatic heterocycles. The monoisotopic (exact) mass is 358 g/mol. The van der Waals surface area contributed by atoms with E-state index >= 15 is 0 Å². The van der Waals surface area contributed by atoms with Crippen molar-refractivity contribution in [2.75, 3.05) is 0 Å². The third-order valence-corrected chi connectivity index (χ3v) is 4.44. The summed E-state index contributed by atoms with van der Waals surface area (Å²) in [5, 5.41) is 12.3. The molecule has 2 aromatic carbocycles. The summed E-state index contributed by atoms with van der Waals surface area (Å²) in [5.41, 5.74) is 2.94. The Morgan fingerprint density at radius 2 is 1.60 bits per heavy atom. The van der Waals surface area contributed by atoms with Crippen molar-refractivity contribution in [2.45, 2.75) is 38.6 Å². The zero-order valence-electron chi connectivity index (χ0n) is 14.1. The molecule has 0 atom stereocenters. The van der Waals surface area contributed by atoms with Gasteiger partial charge in [0.2, 0.25) is 11.4 Å². The lowest BCUT2D eigenvalue weighted by molar-refractivity contribution is -0.670. The minimum absolute atomic E-state index is 0. The Hall–Kier alpha value is -2.17. The highest BCUT2D eigenvalue weighted by atomic mass is 35.5. The first-order valence-corrected chi connectivity index (χ1v) is 8.52. The summed E-state index contributed by atoms with van der Waals surface area (Å²) in [4.78, 5) is 11.0. The molecule has 0 aliphatic carbocycles. The van der Waals surface area contributed by atoms with Crippen molar-refractivity contribution in [3.63, 3.8) is 0 Å². The first-order chi connectivity index (χ1) is 11.8. The highest BCUT2D eigenvalue weighted by Gasteiger charge is 2.12. The van der Waals surface area contributed by atoms with Crippen LogP contribution in [0.1, 0.15) is 32.1 Å². The lowest BCUT2D eigenvalue weighted by atomic mass is 10.1. The second-order valence-electron chi connectivity index (χ2n) is 6.13. The van der Waals surface area contributed by atoms with E-state index in [-0.39, 0.29) is 18.3 Å². The Morgan fingerprint density at radius 1 is 0.920 bits per heavy atom. The van der Waals surface area contributed by atoms with Gasteiger partial charge in [0, 0.05) is 29.7 Å². The smallest absolute Gasteiger partial charge is 0.243 e. The molecule has 1 aromatic heterocycles. The van der Waals surface area contributed by atoms with Crippen molar-refractivity contribution in [3.05, 3.63) is 54.7 Å². The molecular formula is C20H23ClN2O2. The topological polar surface area (TPSA) is 53.2 Å². The predicted molar refractivity (Wildman–Crippen MR) is 94.7 cm³/mol. The maximum Gasteiger partial charge on any atom is 0.243 e. The van der Waals surface area contributed by atoms with Crippen molar-refractivity contribution in [1.29, 1.82) is 0 Å². The fourth-order valence-corrected chi connectivity index (χ4v) is 3.21. The number of aromatic nitrogens is 1. The number of para-hydroxylation sites is 1. The van der Waals surface area contributed by atoms with Gasteiger partial charge in [-0.25, -0.2) is 5.48 Å². The van der Waals surface area contributed by atoms with Gasteiger partial charge in [0.25, 0.3) is 0 Å². The quantitative estimate of drug-likeness (QED) is 0.215. The molecule has 0 saturated carbocycles. The number of halogens is 1. The van der Waals surface area contributed by atoms with Gasteiger partial charge >= 0.3 is 0 Å². The molecule has 3 rings (SSSR count). The highest BCUT2D eigenvalue weighted by Crippen LogP contribution is 2.22. The molecule has 0 bridgehead atoms. The minimum Gasteiger partial charge on any atom is -1.00 e. The summed E-state index contributed by atoms with van der Waals surface area (Å²) in [5.74, 6) is -0.301. The average molecular weight is 359 g/mol. The third-order valence-electron chi connectivity index (χ3n) is 4.44. The van der Waals surface area contributed by atoms with Gasteiger partial charge in [0.1, 0.15) is 6.54 Å². The number of benzene rings is 2. The molecule has 0 saturated heterocycles. The van der Waals surface area contributed by atoms with E-state index in [4.69, 9.17) is 5.21 Å². The van der Waals surface area contributed by atoms with Crippen LogP contribution in [-0.4, -0.2) is 11.1 Å².